The van der Waals surface area contributed by atoms with Crippen molar-refractivity contribution in [1.82, 2.24) is 0 Å². The molecule has 0 fully saturated rings. The van der Waals surface area contributed by atoms with Crippen molar-refractivity contribution in [1.29, 1.82) is 0 Å². The first-order valence-electron chi connectivity index (χ1n) is 4.12. The van der Waals surface area contributed by atoms with Crippen LogP contribution >= 0.6 is 0 Å². The van der Waals surface area contributed by atoms with E-state index >= 15 is 0 Å². The van der Waals surface area contributed by atoms with Gasteiger partial charge < -0.3 is 20.1 Å². The highest BCUT2D eigenvalue weighted by Gasteiger charge is 2.20. The first-order valence-corrected chi connectivity index (χ1v) is 4.12. The molecule has 5 heteroatoms. The molecule has 0 aromatic rings. The first kappa shape index (κ1) is 12.3. The van der Waals surface area contributed by atoms with Crippen molar-refractivity contribution in [3.63, 3.8) is 0 Å². The molecule has 0 aliphatic heterocycles. The van der Waals surface area contributed by atoms with E-state index in [4.69, 9.17) is 15.3 Å². The molecular formula is C8H16O5. The second-order valence-electron chi connectivity index (χ2n) is 3.16. The largest absolute Gasteiger partial charge is 0.461 e. The highest BCUT2D eigenvalue weighted by Crippen LogP contribution is 2.03. The molecule has 78 valence electrons. The Labute approximate surface area is 77.0 Å². The van der Waals surface area contributed by atoms with Gasteiger partial charge in [0, 0.05) is 0 Å². The van der Waals surface area contributed by atoms with E-state index in [0.29, 0.717) is 0 Å². The SMILES string of the molecule is CC(C)C(O)C(=O)OCC(O)CO. The van der Waals surface area contributed by atoms with Crippen LogP contribution in [0.15, 0.2) is 0 Å². The number of carbonyl (C=O) groups is 1. The molecule has 0 heterocycles. The minimum Gasteiger partial charge on any atom is -0.461 e. The number of aliphatic hydroxyl groups is 3. The fraction of sp³-hybridized carbons (Fsp3) is 0.875. The Morgan fingerprint density at radius 2 is 1.92 bits per heavy atom. The molecule has 0 aromatic heterocycles. The molecule has 0 spiro atoms. The number of ether oxygens (including phenoxy) is 1. The van der Waals surface area contributed by atoms with Crippen molar-refractivity contribution in [2.24, 2.45) is 5.92 Å². The van der Waals surface area contributed by atoms with E-state index in [-0.39, 0.29) is 12.5 Å². The predicted octanol–water partition coefficient (Wildman–Crippen LogP) is -1.10. The summed E-state index contributed by atoms with van der Waals surface area (Å²) in [4.78, 5) is 10.9. The molecule has 0 radical (unpaired) electrons. The van der Waals surface area contributed by atoms with Gasteiger partial charge in [-0.2, -0.15) is 0 Å². The molecule has 0 saturated heterocycles. The van der Waals surface area contributed by atoms with Gasteiger partial charge in [0.15, 0.2) is 6.10 Å². The zero-order chi connectivity index (χ0) is 10.4. The Balaban J connectivity index is 3.74. The maximum atomic E-state index is 10.9. The molecule has 2 unspecified atom stereocenters. The predicted molar refractivity (Wildman–Crippen MR) is 44.9 cm³/mol. The average molecular weight is 192 g/mol. The van der Waals surface area contributed by atoms with Gasteiger partial charge in [0.1, 0.15) is 12.7 Å². The fourth-order valence-corrected chi connectivity index (χ4v) is 0.589. The Morgan fingerprint density at radius 1 is 1.38 bits per heavy atom. The number of aliphatic hydroxyl groups excluding tert-OH is 3. The standard InChI is InChI=1S/C8H16O5/c1-5(2)7(11)8(12)13-4-6(10)3-9/h5-7,9-11H,3-4H2,1-2H3. The van der Waals surface area contributed by atoms with Crippen LogP contribution in [0, 0.1) is 5.92 Å². The molecule has 0 aromatic carbocycles. The lowest BCUT2D eigenvalue weighted by molar-refractivity contribution is -0.159. The third-order valence-corrected chi connectivity index (χ3v) is 1.50. The van der Waals surface area contributed by atoms with Crippen molar-refractivity contribution in [2.75, 3.05) is 13.2 Å². The summed E-state index contributed by atoms with van der Waals surface area (Å²) < 4.78 is 4.52. The molecule has 0 aliphatic rings. The maximum Gasteiger partial charge on any atom is 0.335 e. The Morgan fingerprint density at radius 3 is 2.31 bits per heavy atom. The number of carbonyl (C=O) groups excluding carboxylic acids is 1. The number of rotatable bonds is 5. The molecule has 2 atom stereocenters. The van der Waals surface area contributed by atoms with Crippen LogP contribution in [0.4, 0.5) is 0 Å². The van der Waals surface area contributed by atoms with Gasteiger partial charge in [-0.05, 0) is 5.92 Å². The Bertz CT molecular complexity index is 157. The summed E-state index contributed by atoms with van der Waals surface area (Å²) in [6, 6.07) is 0. The molecular weight excluding hydrogens is 176 g/mol. The van der Waals surface area contributed by atoms with Gasteiger partial charge >= 0.3 is 5.97 Å². The van der Waals surface area contributed by atoms with Gasteiger partial charge in [-0.15, -0.1) is 0 Å². The van der Waals surface area contributed by atoms with Crippen LogP contribution in [0.25, 0.3) is 0 Å². The molecule has 0 aliphatic carbocycles. The summed E-state index contributed by atoms with van der Waals surface area (Å²) in [5.41, 5.74) is 0. The number of hydrogen-bond acceptors (Lipinski definition) is 5. The Kier molecular flexibility index (Phi) is 5.61. The normalized spacial score (nSPS) is 15.5. The minimum atomic E-state index is -1.18. The van der Waals surface area contributed by atoms with Gasteiger partial charge in [-0.3, -0.25) is 0 Å². The van der Waals surface area contributed by atoms with Gasteiger partial charge in [-0.25, -0.2) is 4.79 Å². The average Bonchev–Trinajstić information content (AvgIpc) is 2.11. The van der Waals surface area contributed by atoms with Crippen LogP contribution in [0.2, 0.25) is 0 Å². The third-order valence-electron chi connectivity index (χ3n) is 1.50. The van der Waals surface area contributed by atoms with E-state index in [1.165, 1.54) is 0 Å². The van der Waals surface area contributed by atoms with E-state index in [1.807, 2.05) is 0 Å². The summed E-state index contributed by atoms with van der Waals surface area (Å²) >= 11 is 0. The highest BCUT2D eigenvalue weighted by molar-refractivity contribution is 5.74. The van der Waals surface area contributed by atoms with Crippen molar-refractivity contribution in [3.8, 4) is 0 Å². The summed E-state index contributed by atoms with van der Waals surface area (Å²) in [5, 5.41) is 26.4. The summed E-state index contributed by atoms with van der Waals surface area (Å²) in [6.45, 7) is 2.59. The van der Waals surface area contributed by atoms with E-state index in [0.717, 1.165) is 0 Å². The van der Waals surface area contributed by atoms with E-state index in [2.05, 4.69) is 4.74 Å². The van der Waals surface area contributed by atoms with Crippen molar-refractivity contribution < 1.29 is 24.9 Å². The Hall–Kier alpha value is -0.650. The lowest BCUT2D eigenvalue weighted by atomic mass is 10.1. The van der Waals surface area contributed by atoms with Gasteiger partial charge in [0.25, 0.3) is 0 Å². The van der Waals surface area contributed by atoms with Crippen LogP contribution in [0.1, 0.15) is 13.8 Å². The molecule has 3 N–H and O–H groups in total. The second-order valence-corrected chi connectivity index (χ2v) is 3.16. The molecule has 0 bridgehead atoms. The maximum absolute atomic E-state index is 10.9. The molecule has 5 nitrogen and oxygen atoms in total. The quantitative estimate of drug-likeness (QED) is 0.481. The smallest absolute Gasteiger partial charge is 0.335 e. The van der Waals surface area contributed by atoms with Crippen molar-refractivity contribution in [2.45, 2.75) is 26.1 Å². The number of esters is 1. The van der Waals surface area contributed by atoms with Gasteiger partial charge in [-0.1, -0.05) is 13.8 Å². The van der Waals surface area contributed by atoms with Gasteiger partial charge in [0.05, 0.1) is 6.61 Å². The lowest BCUT2D eigenvalue weighted by Gasteiger charge is -2.14. The number of hydrogen-bond donors (Lipinski definition) is 3. The monoisotopic (exact) mass is 192 g/mol. The first-order chi connectivity index (χ1) is 5.99. The molecule has 0 saturated carbocycles. The van der Waals surface area contributed by atoms with Gasteiger partial charge in [0.2, 0.25) is 0 Å². The lowest BCUT2D eigenvalue weighted by Crippen LogP contribution is -2.31. The molecule has 13 heavy (non-hydrogen) atoms. The highest BCUT2D eigenvalue weighted by atomic mass is 16.6. The second kappa shape index (κ2) is 5.90. The minimum absolute atomic E-state index is 0.223. The van der Waals surface area contributed by atoms with Crippen LogP contribution in [0.5, 0.6) is 0 Å². The summed E-state index contributed by atoms with van der Waals surface area (Å²) in [6.07, 6.45) is -2.26. The zero-order valence-electron chi connectivity index (χ0n) is 7.80. The molecule has 0 rings (SSSR count). The fourth-order valence-electron chi connectivity index (χ4n) is 0.589. The summed E-state index contributed by atoms with van der Waals surface area (Å²) in [5.74, 6) is -0.999. The van der Waals surface area contributed by atoms with Crippen LogP contribution < -0.4 is 0 Å². The van der Waals surface area contributed by atoms with Crippen LogP contribution in [0.3, 0.4) is 0 Å². The van der Waals surface area contributed by atoms with Crippen molar-refractivity contribution in [3.05, 3.63) is 0 Å². The van der Waals surface area contributed by atoms with E-state index in [1.54, 1.807) is 13.8 Å². The molecule has 0 amide bonds. The zero-order valence-corrected chi connectivity index (χ0v) is 7.80. The van der Waals surface area contributed by atoms with Crippen molar-refractivity contribution >= 4 is 5.97 Å². The van der Waals surface area contributed by atoms with Crippen LogP contribution in [-0.4, -0.2) is 46.7 Å². The van der Waals surface area contributed by atoms with E-state index in [9.17, 15) is 4.79 Å². The topological polar surface area (TPSA) is 87.0 Å². The third kappa shape index (κ3) is 4.82. The summed E-state index contributed by atoms with van der Waals surface area (Å²) in [7, 11) is 0. The van der Waals surface area contributed by atoms with E-state index < -0.39 is 24.8 Å². The van der Waals surface area contributed by atoms with Crippen LogP contribution in [-0.2, 0) is 9.53 Å².